The number of hydrogen-bond acceptors (Lipinski definition) is 2. The van der Waals surface area contributed by atoms with Crippen molar-refractivity contribution in [3.63, 3.8) is 0 Å². The minimum atomic E-state index is -0.173. The zero-order chi connectivity index (χ0) is 11.1. The molecule has 1 unspecified atom stereocenters. The number of rotatable bonds is 5. The molecule has 0 saturated heterocycles. The second-order valence-corrected chi connectivity index (χ2v) is 3.61. The molecule has 0 fully saturated rings. The van der Waals surface area contributed by atoms with Crippen molar-refractivity contribution in [2.75, 3.05) is 0 Å². The second-order valence-electron chi connectivity index (χ2n) is 3.61. The Balaban J connectivity index is 3.82. The topological polar surface area (TPSA) is 26.3 Å². The summed E-state index contributed by atoms with van der Waals surface area (Å²) in [5.41, 5.74) is 2.09. The average Bonchev–Trinajstić information content (AvgIpc) is 2.13. The third kappa shape index (κ3) is 5.57. The van der Waals surface area contributed by atoms with Crippen LogP contribution in [0.2, 0.25) is 0 Å². The smallest absolute Gasteiger partial charge is 0.306 e. The lowest BCUT2D eigenvalue weighted by molar-refractivity contribution is -0.146. The van der Waals surface area contributed by atoms with Crippen LogP contribution in [0.1, 0.15) is 40.5 Å². The Morgan fingerprint density at radius 3 is 2.43 bits per heavy atom. The SMILES string of the molecule is C=C(C)C(C)OC(=O)CCC(C)=CC. The third-order valence-corrected chi connectivity index (χ3v) is 2.22. The minimum Gasteiger partial charge on any atom is -0.458 e. The van der Waals surface area contributed by atoms with Crippen molar-refractivity contribution in [1.29, 1.82) is 0 Å². The van der Waals surface area contributed by atoms with Crippen molar-refractivity contribution in [1.82, 2.24) is 0 Å². The molecule has 80 valence electrons. The van der Waals surface area contributed by atoms with Crippen LogP contribution >= 0.6 is 0 Å². The van der Waals surface area contributed by atoms with Gasteiger partial charge in [-0.1, -0.05) is 18.2 Å². The summed E-state index contributed by atoms with van der Waals surface area (Å²) in [7, 11) is 0. The molecule has 0 bridgehead atoms. The molecule has 0 aromatic heterocycles. The highest BCUT2D eigenvalue weighted by Gasteiger charge is 2.09. The summed E-state index contributed by atoms with van der Waals surface area (Å²) in [5.74, 6) is -0.151. The van der Waals surface area contributed by atoms with Crippen molar-refractivity contribution < 1.29 is 9.53 Å². The molecule has 0 aliphatic carbocycles. The Morgan fingerprint density at radius 1 is 1.43 bits per heavy atom. The van der Waals surface area contributed by atoms with Crippen LogP contribution < -0.4 is 0 Å². The van der Waals surface area contributed by atoms with E-state index in [9.17, 15) is 4.79 Å². The lowest BCUT2D eigenvalue weighted by atomic mass is 10.1. The fourth-order valence-electron chi connectivity index (χ4n) is 0.800. The molecule has 0 radical (unpaired) electrons. The standard InChI is InChI=1S/C12H20O2/c1-6-10(4)7-8-12(13)14-11(5)9(2)3/h6,11H,2,7-8H2,1,3-5H3. The van der Waals surface area contributed by atoms with E-state index in [1.54, 1.807) is 0 Å². The molecule has 0 rings (SSSR count). The van der Waals surface area contributed by atoms with E-state index < -0.39 is 0 Å². The van der Waals surface area contributed by atoms with Gasteiger partial charge in [-0.2, -0.15) is 0 Å². The molecule has 0 amide bonds. The Bertz CT molecular complexity index is 239. The molecule has 0 heterocycles. The molecule has 0 N–H and O–H groups in total. The van der Waals surface area contributed by atoms with Crippen LogP contribution in [0.4, 0.5) is 0 Å². The van der Waals surface area contributed by atoms with Crippen LogP contribution in [-0.4, -0.2) is 12.1 Å². The fourth-order valence-corrected chi connectivity index (χ4v) is 0.800. The number of esters is 1. The largest absolute Gasteiger partial charge is 0.458 e. The molecular formula is C12H20O2. The zero-order valence-corrected chi connectivity index (χ0v) is 9.59. The van der Waals surface area contributed by atoms with Crippen LogP contribution in [0.3, 0.4) is 0 Å². The zero-order valence-electron chi connectivity index (χ0n) is 9.59. The first kappa shape index (κ1) is 12.9. The number of carbonyl (C=O) groups excluding carboxylic acids is 1. The molecule has 0 aliphatic heterocycles. The maximum Gasteiger partial charge on any atom is 0.306 e. The molecule has 14 heavy (non-hydrogen) atoms. The first-order chi connectivity index (χ1) is 6.47. The lowest BCUT2D eigenvalue weighted by Gasteiger charge is -2.12. The molecule has 0 spiro atoms. The molecule has 2 heteroatoms. The van der Waals surface area contributed by atoms with Gasteiger partial charge in [0, 0.05) is 6.42 Å². The van der Waals surface area contributed by atoms with Gasteiger partial charge in [-0.3, -0.25) is 4.79 Å². The summed E-state index contributed by atoms with van der Waals surface area (Å²) in [5, 5.41) is 0. The van der Waals surface area contributed by atoms with Gasteiger partial charge in [-0.15, -0.1) is 0 Å². The molecule has 1 atom stereocenters. The summed E-state index contributed by atoms with van der Waals surface area (Å²) < 4.78 is 5.14. The molecule has 0 aromatic rings. The maximum atomic E-state index is 11.3. The minimum absolute atomic E-state index is 0.151. The van der Waals surface area contributed by atoms with Crippen LogP contribution in [0, 0.1) is 0 Å². The maximum absolute atomic E-state index is 11.3. The number of carbonyl (C=O) groups is 1. The van der Waals surface area contributed by atoms with Crippen molar-refractivity contribution >= 4 is 5.97 Å². The molecule has 2 nitrogen and oxygen atoms in total. The van der Waals surface area contributed by atoms with Crippen molar-refractivity contribution in [3.8, 4) is 0 Å². The van der Waals surface area contributed by atoms with Gasteiger partial charge >= 0.3 is 5.97 Å². The van der Waals surface area contributed by atoms with Crippen LogP contribution in [0.15, 0.2) is 23.8 Å². The monoisotopic (exact) mass is 196 g/mol. The molecule has 0 saturated carbocycles. The molecular weight excluding hydrogens is 176 g/mol. The number of hydrogen-bond donors (Lipinski definition) is 0. The fraction of sp³-hybridized carbons (Fsp3) is 0.583. The summed E-state index contributed by atoms with van der Waals surface area (Å²) in [4.78, 5) is 11.3. The van der Waals surface area contributed by atoms with Crippen LogP contribution in [0.5, 0.6) is 0 Å². The lowest BCUT2D eigenvalue weighted by Crippen LogP contribution is -2.15. The highest BCUT2D eigenvalue weighted by atomic mass is 16.5. The first-order valence-electron chi connectivity index (χ1n) is 4.94. The van der Waals surface area contributed by atoms with E-state index in [1.807, 2.05) is 33.8 Å². The van der Waals surface area contributed by atoms with Gasteiger partial charge in [0.25, 0.3) is 0 Å². The van der Waals surface area contributed by atoms with Gasteiger partial charge in [0.2, 0.25) is 0 Å². The Morgan fingerprint density at radius 2 is 2.00 bits per heavy atom. The van der Waals surface area contributed by atoms with Crippen molar-refractivity contribution in [2.24, 2.45) is 0 Å². The van der Waals surface area contributed by atoms with Gasteiger partial charge in [-0.25, -0.2) is 0 Å². The third-order valence-electron chi connectivity index (χ3n) is 2.22. The highest BCUT2D eigenvalue weighted by Crippen LogP contribution is 2.08. The number of ether oxygens (including phenoxy) is 1. The van der Waals surface area contributed by atoms with Crippen LogP contribution in [0.25, 0.3) is 0 Å². The Kier molecular flexibility index (Phi) is 5.93. The van der Waals surface area contributed by atoms with Crippen LogP contribution in [-0.2, 0) is 9.53 Å². The summed E-state index contributed by atoms with van der Waals surface area (Å²) in [6.07, 6.45) is 3.06. The number of allylic oxidation sites excluding steroid dienone is 2. The van der Waals surface area contributed by atoms with E-state index in [1.165, 1.54) is 5.57 Å². The Hall–Kier alpha value is -1.05. The van der Waals surface area contributed by atoms with E-state index >= 15 is 0 Å². The highest BCUT2D eigenvalue weighted by molar-refractivity contribution is 5.70. The predicted molar refractivity (Wildman–Crippen MR) is 59.0 cm³/mol. The summed E-state index contributed by atoms with van der Waals surface area (Å²) in [6.45, 7) is 11.4. The van der Waals surface area contributed by atoms with E-state index in [0.717, 1.165) is 12.0 Å². The van der Waals surface area contributed by atoms with Gasteiger partial charge in [0.1, 0.15) is 6.10 Å². The van der Waals surface area contributed by atoms with Gasteiger partial charge < -0.3 is 4.74 Å². The first-order valence-corrected chi connectivity index (χ1v) is 4.94. The average molecular weight is 196 g/mol. The van der Waals surface area contributed by atoms with E-state index in [4.69, 9.17) is 4.74 Å². The molecule has 0 aliphatic rings. The second kappa shape index (κ2) is 6.41. The predicted octanol–water partition coefficient (Wildman–Crippen LogP) is 3.24. The van der Waals surface area contributed by atoms with E-state index in [0.29, 0.717) is 6.42 Å². The van der Waals surface area contributed by atoms with E-state index in [2.05, 4.69) is 6.58 Å². The van der Waals surface area contributed by atoms with Gasteiger partial charge in [-0.05, 0) is 39.7 Å². The summed E-state index contributed by atoms with van der Waals surface area (Å²) in [6, 6.07) is 0. The van der Waals surface area contributed by atoms with E-state index in [-0.39, 0.29) is 12.1 Å². The van der Waals surface area contributed by atoms with Crippen molar-refractivity contribution in [3.05, 3.63) is 23.8 Å². The quantitative estimate of drug-likeness (QED) is 0.498. The van der Waals surface area contributed by atoms with Gasteiger partial charge in [0.05, 0.1) is 0 Å². The van der Waals surface area contributed by atoms with Gasteiger partial charge in [0.15, 0.2) is 0 Å². The Labute approximate surface area is 86.6 Å². The normalized spacial score (nSPS) is 13.6. The van der Waals surface area contributed by atoms with Crippen molar-refractivity contribution in [2.45, 2.75) is 46.6 Å². The molecule has 0 aromatic carbocycles. The summed E-state index contributed by atoms with van der Waals surface area (Å²) >= 11 is 0.